The van der Waals surface area contributed by atoms with Crippen LogP contribution >= 0.6 is 0 Å². The van der Waals surface area contributed by atoms with Crippen molar-refractivity contribution in [3.8, 4) is 0 Å². The molecule has 3 N–H and O–H groups in total. The maximum Gasteiger partial charge on any atom is 0.0604 e. The van der Waals surface area contributed by atoms with E-state index >= 15 is 0 Å². The second-order valence-corrected chi connectivity index (χ2v) is 4.95. The molecular formula is C12H24N2O. The van der Waals surface area contributed by atoms with Crippen LogP contribution in [0.2, 0.25) is 0 Å². The molecule has 15 heavy (non-hydrogen) atoms. The van der Waals surface area contributed by atoms with Crippen molar-refractivity contribution in [2.45, 2.75) is 57.2 Å². The van der Waals surface area contributed by atoms with Gasteiger partial charge in [0.25, 0.3) is 0 Å². The molecule has 0 radical (unpaired) electrons. The van der Waals surface area contributed by atoms with E-state index in [0.717, 1.165) is 19.1 Å². The highest BCUT2D eigenvalue weighted by molar-refractivity contribution is 4.92. The van der Waals surface area contributed by atoms with Crippen molar-refractivity contribution in [2.75, 3.05) is 13.2 Å². The van der Waals surface area contributed by atoms with Gasteiger partial charge in [-0.05, 0) is 45.1 Å². The zero-order chi connectivity index (χ0) is 10.7. The molecule has 0 aliphatic heterocycles. The molecule has 2 rings (SSSR count). The van der Waals surface area contributed by atoms with Gasteiger partial charge in [0.15, 0.2) is 0 Å². The van der Waals surface area contributed by atoms with Gasteiger partial charge in [0.1, 0.15) is 0 Å². The largest absolute Gasteiger partial charge is 0.378 e. The number of ether oxygens (including phenoxy) is 1. The molecule has 2 fully saturated rings. The number of rotatable bonds is 5. The quantitative estimate of drug-likeness (QED) is 0.721. The molecule has 0 amide bonds. The number of hydrogen-bond acceptors (Lipinski definition) is 3. The summed E-state index contributed by atoms with van der Waals surface area (Å²) < 4.78 is 5.56. The molecule has 2 unspecified atom stereocenters. The van der Waals surface area contributed by atoms with E-state index in [-0.39, 0.29) is 0 Å². The van der Waals surface area contributed by atoms with Crippen LogP contribution in [-0.2, 0) is 4.74 Å². The zero-order valence-electron chi connectivity index (χ0n) is 9.74. The van der Waals surface area contributed by atoms with Crippen LogP contribution in [0.4, 0.5) is 0 Å². The van der Waals surface area contributed by atoms with Crippen LogP contribution in [0.1, 0.15) is 39.0 Å². The molecule has 0 bridgehead atoms. The molecule has 0 spiro atoms. The summed E-state index contributed by atoms with van der Waals surface area (Å²) in [5.41, 5.74) is 5.77. The van der Waals surface area contributed by atoms with Gasteiger partial charge in [-0.1, -0.05) is 6.42 Å². The van der Waals surface area contributed by atoms with Crippen LogP contribution in [0.5, 0.6) is 0 Å². The fraction of sp³-hybridized carbons (Fsp3) is 1.00. The first kappa shape index (κ1) is 11.4. The van der Waals surface area contributed by atoms with Crippen LogP contribution in [0.3, 0.4) is 0 Å². The van der Waals surface area contributed by atoms with E-state index in [1.165, 1.54) is 32.1 Å². The fourth-order valence-corrected chi connectivity index (χ4v) is 2.91. The second kappa shape index (κ2) is 5.28. The minimum Gasteiger partial charge on any atom is -0.378 e. The van der Waals surface area contributed by atoms with E-state index in [1.807, 2.05) is 0 Å². The summed E-state index contributed by atoms with van der Waals surface area (Å²) in [6.07, 6.45) is 6.89. The van der Waals surface area contributed by atoms with E-state index in [2.05, 4.69) is 12.2 Å². The maximum atomic E-state index is 5.77. The molecule has 0 heterocycles. The monoisotopic (exact) mass is 212 g/mol. The van der Waals surface area contributed by atoms with Crippen molar-refractivity contribution in [1.82, 2.24) is 5.32 Å². The molecule has 2 saturated carbocycles. The van der Waals surface area contributed by atoms with Crippen molar-refractivity contribution in [2.24, 2.45) is 11.7 Å². The smallest absolute Gasteiger partial charge is 0.0604 e. The van der Waals surface area contributed by atoms with Gasteiger partial charge in [-0.2, -0.15) is 0 Å². The van der Waals surface area contributed by atoms with Crippen LogP contribution < -0.4 is 11.1 Å². The summed E-state index contributed by atoms with van der Waals surface area (Å²) in [4.78, 5) is 0. The summed E-state index contributed by atoms with van der Waals surface area (Å²) in [6, 6.07) is 1.38. The van der Waals surface area contributed by atoms with Gasteiger partial charge in [-0.25, -0.2) is 0 Å². The average Bonchev–Trinajstić information content (AvgIpc) is 2.62. The molecule has 0 aromatic carbocycles. The predicted octanol–water partition coefficient (Wildman–Crippen LogP) is 1.27. The number of nitrogens with two attached hydrogens (primary N) is 1. The highest BCUT2D eigenvalue weighted by atomic mass is 16.5. The Morgan fingerprint density at radius 1 is 1.33 bits per heavy atom. The fourth-order valence-electron chi connectivity index (χ4n) is 2.91. The van der Waals surface area contributed by atoms with Crippen molar-refractivity contribution < 1.29 is 4.74 Å². The minimum absolute atomic E-state index is 0.519. The highest BCUT2D eigenvalue weighted by Gasteiger charge is 2.34. The third-order valence-electron chi connectivity index (χ3n) is 3.91. The van der Waals surface area contributed by atoms with Gasteiger partial charge in [-0.3, -0.25) is 0 Å². The molecule has 2 aliphatic carbocycles. The Bertz CT molecular complexity index is 192. The van der Waals surface area contributed by atoms with E-state index in [0.29, 0.717) is 18.2 Å². The van der Waals surface area contributed by atoms with Crippen LogP contribution in [0.15, 0.2) is 0 Å². The summed E-state index contributed by atoms with van der Waals surface area (Å²) in [5, 5.41) is 3.74. The Kier molecular flexibility index (Phi) is 4.00. The Balaban J connectivity index is 1.66. The van der Waals surface area contributed by atoms with Gasteiger partial charge in [-0.15, -0.1) is 0 Å². The van der Waals surface area contributed by atoms with Crippen molar-refractivity contribution in [3.63, 3.8) is 0 Å². The van der Waals surface area contributed by atoms with E-state index in [4.69, 9.17) is 10.5 Å². The van der Waals surface area contributed by atoms with E-state index in [1.54, 1.807) is 0 Å². The van der Waals surface area contributed by atoms with Crippen molar-refractivity contribution >= 4 is 0 Å². The van der Waals surface area contributed by atoms with Crippen molar-refractivity contribution in [1.29, 1.82) is 0 Å². The van der Waals surface area contributed by atoms with Gasteiger partial charge in [0.05, 0.1) is 6.10 Å². The lowest BCUT2D eigenvalue weighted by Gasteiger charge is -2.38. The lowest BCUT2D eigenvalue weighted by Crippen LogP contribution is -2.51. The first-order valence-electron chi connectivity index (χ1n) is 6.41. The third kappa shape index (κ3) is 2.71. The Morgan fingerprint density at radius 2 is 2.13 bits per heavy atom. The topological polar surface area (TPSA) is 47.3 Å². The van der Waals surface area contributed by atoms with Crippen LogP contribution in [0.25, 0.3) is 0 Å². The summed E-state index contributed by atoms with van der Waals surface area (Å²) in [5.74, 6) is 0.719. The van der Waals surface area contributed by atoms with Crippen LogP contribution in [0, 0.1) is 5.92 Å². The Labute approximate surface area is 92.7 Å². The second-order valence-electron chi connectivity index (χ2n) is 4.95. The molecule has 3 heteroatoms. The summed E-state index contributed by atoms with van der Waals surface area (Å²) >= 11 is 0. The van der Waals surface area contributed by atoms with Crippen LogP contribution in [-0.4, -0.2) is 31.3 Å². The lowest BCUT2D eigenvalue weighted by molar-refractivity contribution is -0.0133. The molecule has 0 aromatic rings. The normalized spacial score (nSPS) is 40.4. The first-order valence-corrected chi connectivity index (χ1v) is 6.41. The predicted molar refractivity (Wildman–Crippen MR) is 61.8 cm³/mol. The Hall–Kier alpha value is -0.120. The molecule has 88 valence electrons. The summed E-state index contributed by atoms with van der Waals surface area (Å²) in [6.45, 7) is 3.77. The van der Waals surface area contributed by atoms with Gasteiger partial charge < -0.3 is 15.8 Å². The maximum absolute atomic E-state index is 5.77. The highest BCUT2D eigenvalue weighted by Crippen LogP contribution is 2.29. The number of nitrogens with one attached hydrogen (secondary N) is 1. The molecule has 2 atom stereocenters. The molecule has 3 nitrogen and oxygen atoms in total. The third-order valence-corrected chi connectivity index (χ3v) is 3.91. The van der Waals surface area contributed by atoms with Gasteiger partial charge >= 0.3 is 0 Å². The summed E-state index contributed by atoms with van der Waals surface area (Å²) in [7, 11) is 0. The standard InChI is InChI=1S/C12H24N2O/c1-2-15-11-6-10(7-11)14-12-5-3-4-9(12)8-13/h9-12,14H,2-8,13H2,1H3. The van der Waals surface area contributed by atoms with E-state index < -0.39 is 0 Å². The van der Waals surface area contributed by atoms with Gasteiger partial charge in [0, 0.05) is 18.7 Å². The SMILES string of the molecule is CCOC1CC(NC2CCCC2CN)C1. The van der Waals surface area contributed by atoms with Gasteiger partial charge in [0.2, 0.25) is 0 Å². The Morgan fingerprint density at radius 3 is 2.80 bits per heavy atom. The molecule has 2 aliphatic rings. The first-order chi connectivity index (χ1) is 7.33. The molecular weight excluding hydrogens is 188 g/mol. The van der Waals surface area contributed by atoms with E-state index in [9.17, 15) is 0 Å². The zero-order valence-corrected chi connectivity index (χ0v) is 9.74. The molecule has 0 aromatic heterocycles. The minimum atomic E-state index is 0.519. The number of hydrogen-bond donors (Lipinski definition) is 2. The van der Waals surface area contributed by atoms with Crippen molar-refractivity contribution in [3.05, 3.63) is 0 Å². The lowest BCUT2D eigenvalue weighted by atomic mass is 9.87. The molecule has 0 saturated heterocycles. The average molecular weight is 212 g/mol.